The van der Waals surface area contributed by atoms with Crippen molar-refractivity contribution in [1.29, 1.82) is 0 Å². The van der Waals surface area contributed by atoms with Gasteiger partial charge in [-0.2, -0.15) is 0 Å². The fourth-order valence-electron chi connectivity index (χ4n) is 0.695. The molecule has 6 heteroatoms. The summed E-state index contributed by atoms with van der Waals surface area (Å²) in [5.41, 5.74) is 0. The first-order valence-corrected chi connectivity index (χ1v) is 3.66. The third kappa shape index (κ3) is 1.75. The van der Waals surface area contributed by atoms with Crippen molar-refractivity contribution < 1.29 is 14.4 Å². The van der Waals surface area contributed by atoms with Gasteiger partial charge in [-0.25, -0.2) is 0 Å². The normalized spacial score (nSPS) is 12.8. The van der Waals surface area contributed by atoms with Gasteiger partial charge in [0.25, 0.3) is 0 Å². The van der Waals surface area contributed by atoms with Gasteiger partial charge in [0.05, 0.1) is 11.9 Å². The average molecular weight is 192 g/mol. The molecule has 66 valence electrons. The monoisotopic (exact) mass is 191 g/mol. The summed E-state index contributed by atoms with van der Waals surface area (Å²) in [6, 6.07) is 2.50. The van der Waals surface area contributed by atoms with Crippen LogP contribution >= 0.6 is 11.6 Å². The molecule has 0 radical (unpaired) electrons. The van der Waals surface area contributed by atoms with E-state index < -0.39 is 16.9 Å². The van der Waals surface area contributed by atoms with Gasteiger partial charge in [-0.1, -0.05) is 0 Å². The van der Waals surface area contributed by atoms with Gasteiger partial charge in [0, 0.05) is 0 Å². The predicted octanol–water partition coefficient (Wildman–Crippen LogP) is 1.46. The minimum absolute atomic E-state index is 0.0509. The van der Waals surface area contributed by atoms with Gasteiger partial charge in [-0.3, -0.25) is 10.1 Å². The van der Waals surface area contributed by atoms with Crippen LogP contribution in [-0.2, 0) is 0 Å². The highest BCUT2D eigenvalue weighted by atomic mass is 35.5. The second-order valence-corrected chi connectivity index (χ2v) is 2.41. The van der Waals surface area contributed by atoms with Crippen LogP contribution < -0.4 is 0 Å². The first-order valence-electron chi connectivity index (χ1n) is 3.13. The molecule has 1 heterocycles. The Labute approximate surface area is 72.7 Å². The molecule has 0 fully saturated rings. The number of nitrogens with zero attached hydrogens (tertiary/aromatic N) is 1. The van der Waals surface area contributed by atoms with Gasteiger partial charge < -0.3 is 9.52 Å². The van der Waals surface area contributed by atoms with Gasteiger partial charge in [0.2, 0.25) is 0 Å². The van der Waals surface area contributed by atoms with E-state index in [1.54, 1.807) is 0 Å². The Balaban J connectivity index is 2.84. The summed E-state index contributed by atoms with van der Waals surface area (Å²) in [7, 11) is 0. The Bertz CT molecular complexity index is 285. The smallest absolute Gasteiger partial charge is 0.403 e. The molecule has 0 amide bonds. The molecule has 5 nitrogen and oxygen atoms in total. The number of furan rings is 1. The van der Waals surface area contributed by atoms with Crippen molar-refractivity contribution in [2.24, 2.45) is 0 Å². The van der Waals surface area contributed by atoms with E-state index in [4.69, 9.17) is 16.7 Å². The van der Waals surface area contributed by atoms with Crippen molar-refractivity contribution in [3.05, 3.63) is 28.0 Å². The number of aliphatic hydroxyl groups is 1. The molecule has 1 aromatic heterocycles. The van der Waals surface area contributed by atoms with Gasteiger partial charge in [0.1, 0.15) is 16.8 Å². The maximum absolute atomic E-state index is 10.1. The number of hydrogen-bond acceptors (Lipinski definition) is 4. The van der Waals surface area contributed by atoms with Gasteiger partial charge in [-0.15, -0.1) is 11.6 Å². The van der Waals surface area contributed by atoms with Crippen LogP contribution in [-0.4, -0.2) is 15.9 Å². The van der Waals surface area contributed by atoms with Crippen molar-refractivity contribution in [3.63, 3.8) is 0 Å². The lowest BCUT2D eigenvalue weighted by Crippen LogP contribution is -1.95. The molecule has 1 rings (SSSR count). The van der Waals surface area contributed by atoms with E-state index in [1.807, 2.05) is 0 Å². The Hall–Kier alpha value is -1.07. The van der Waals surface area contributed by atoms with E-state index >= 15 is 0 Å². The van der Waals surface area contributed by atoms with E-state index in [0.29, 0.717) is 0 Å². The Morgan fingerprint density at radius 2 is 2.42 bits per heavy atom. The maximum Gasteiger partial charge on any atom is 0.433 e. The standard InChI is InChI=1S/C6H6ClNO4/c7-3-4(9)5-1-2-6(12-5)8(10)11/h1-2,4,9H,3H2. The number of halogens is 1. The van der Waals surface area contributed by atoms with Crippen LogP contribution in [0.5, 0.6) is 0 Å². The van der Waals surface area contributed by atoms with Crippen LogP contribution in [0.3, 0.4) is 0 Å². The van der Waals surface area contributed by atoms with Crippen molar-refractivity contribution in [2.45, 2.75) is 6.10 Å². The molecule has 1 N–H and O–H groups in total. The Morgan fingerprint density at radius 3 is 2.83 bits per heavy atom. The van der Waals surface area contributed by atoms with Crippen molar-refractivity contribution in [2.75, 3.05) is 5.88 Å². The molecule has 0 saturated heterocycles. The topological polar surface area (TPSA) is 76.5 Å². The molecule has 0 aliphatic rings. The highest BCUT2D eigenvalue weighted by Crippen LogP contribution is 2.21. The Morgan fingerprint density at radius 1 is 1.75 bits per heavy atom. The van der Waals surface area contributed by atoms with E-state index in [9.17, 15) is 10.1 Å². The molecule has 1 aromatic rings. The number of alkyl halides is 1. The summed E-state index contributed by atoms with van der Waals surface area (Å²) >= 11 is 5.30. The second-order valence-electron chi connectivity index (χ2n) is 2.10. The molecule has 1 atom stereocenters. The zero-order valence-corrected chi connectivity index (χ0v) is 6.69. The van der Waals surface area contributed by atoms with Crippen LogP contribution in [0.15, 0.2) is 16.5 Å². The van der Waals surface area contributed by atoms with Crippen LogP contribution in [0.2, 0.25) is 0 Å². The third-order valence-corrected chi connectivity index (χ3v) is 1.56. The molecule has 0 aliphatic heterocycles. The zero-order chi connectivity index (χ0) is 9.14. The Kier molecular flexibility index (Phi) is 2.67. The lowest BCUT2D eigenvalue weighted by Gasteiger charge is -1.98. The van der Waals surface area contributed by atoms with E-state index in [1.165, 1.54) is 12.1 Å². The highest BCUT2D eigenvalue weighted by Gasteiger charge is 2.16. The molecular formula is C6H6ClNO4. The molecular weight excluding hydrogens is 186 g/mol. The van der Waals surface area contributed by atoms with Crippen molar-refractivity contribution in [3.8, 4) is 0 Å². The summed E-state index contributed by atoms with van der Waals surface area (Å²) in [6.45, 7) is 0. The van der Waals surface area contributed by atoms with E-state index in [-0.39, 0.29) is 11.6 Å². The SMILES string of the molecule is O=[N+]([O-])c1ccc(C(O)CCl)o1. The lowest BCUT2D eigenvalue weighted by atomic mass is 10.3. The van der Waals surface area contributed by atoms with Crippen molar-refractivity contribution in [1.82, 2.24) is 0 Å². The molecule has 12 heavy (non-hydrogen) atoms. The summed E-state index contributed by atoms with van der Waals surface area (Å²) in [4.78, 5) is 9.45. The lowest BCUT2D eigenvalue weighted by molar-refractivity contribution is -0.402. The van der Waals surface area contributed by atoms with Crippen LogP contribution in [0.25, 0.3) is 0 Å². The van der Waals surface area contributed by atoms with Crippen LogP contribution in [0, 0.1) is 10.1 Å². The first kappa shape index (κ1) is 9.02. The molecule has 1 unspecified atom stereocenters. The number of rotatable bonds is 3. The van der Waals surface area contributed by atoms with E-state index in [2.05, 4.69) is 4.42 Å². The van der Waals surface area contributed by atoms with Gasteiger partial charge in [-0.05, 0) is 6.07 Å². The zero-order valence-electron chi connectivity index (χ0n) is 5.94. The fourth-order valence-corrected chi connectivity index (χ4v) is 0.848. The number of hydrogen-bond donors (Lipinski definition) is 1. The third-order valence-electron chi connectivity index (χ3n) is 1.27. The minimum atomic E-state index is -0.986. The predicted molar refractivity (Wildman–Crippen MR) is 41.0 cm³/mol. The summed E-state index contributed by atoms with van der Waals surface area (Å²) < 4.78 is 4.66. The van der Waals surface area contributed by atoms with Crippen LogP contribution in [0.4, 0.5) is 5.88 Å². The molecule has 0 spiro atoms. The second kappa shape index (κ2) is 3.55. The largest absolute Gasteiger partial charge is 0.433 e. The minimum Gasteiger partial charge on any atom is -0.403 e. The highest BCUT2D eigenvalue weighted by molar-refractivity contribution is 6.18. The molecule has 0 saturated carbocycles. The quantitative estimate of drug-likeness (QED) is 0.446. The molecule has 0 aliphatic carbocycles. The summed E-state index contributed by atoms with van der Waals surface area (Å²) in [5, 5.41) is 19.2. The van der Waals surface area contributed by atoms with E-state index in [0.717, 1.165) is 0 Å². The van der Waals surface area contributed by atoms with Gasteiger partial charge >= 0.3 is 5.88 Å². The van der Waals surface area contributed by atoms with Crippen LogP contribution in [0.1, 0.15) is 11.9 Å². The molecule has 0 bridgehead atoms. The number of aliphatic hydroxyl groups excluding tert-OH is 1. The fraction of sp³-hybridized carbons (Fsp3) is 0.333. The molecule has 0 aromatic carbocycles. The van der Waals surface area contributed by atoms with Crippen molar-refractivity contribution >= 4 is 17.5 Å². The van der Waals surface area contributed by atoms with Gasteiger partial charge in [0.15, 0.2) is 0 Å². The maximum atomic E-state index is 10.1. The first-order chi connectivity index (χ1) is 5.65. The number of nitro groups is 1. The summed E-state index contributed by atoms with van der Waals surface area (Å²) in [5.74, 6) is -0.337. The average Bonchev–Trinajstić information content (AvgIpc) is 2.51. The summed E-state index contributed by atoms with van der Waals surface area (Å²) in [6.07, 6.45) is -0.986.